The number of hydrogen-bond acceptors (Lipinski definition) is 3. The third kappa shape index (κ3) is 3.33. The van der Waals surface area contributed by atoms with E-state index < -0.39 is 0 Å². The molecule has 4 heteroatoms. The third-order valence-electron chi connectivity index (χ3n) is 4.23. The van der Waals surface area contributed by atoms with Crippen molar-refractivity contribution in [1.82, 2.24) is 20.0 Å². The van der Waals surface area contributed by atoms with Gasteiger partial charge in [-0.3, -0.25) is 4.68 Å². The van der Waals surface area contributed by atoms with Gasteiger partial charge in [0.05, 0.1) is 6.20 Å². The van der Waals surface area contributed by atoms with E-state index in [9.17, 15) is 0 Å². The van der Waals surface area contributed by atoms with Gasteiger partial charge in [0.15, 0.2) is 0 Å². The van der Waals surface area contributed by atoms with Crippen LogP contribution in [0, 0.1) is 6.92 Å². The van der Waals surface area contributed by atoms with E-state index in [1.54, 1.807) is 0 Å². The molecule has 0 amide bonds. The van der Waals surface area contributed by atoms with E-state index in [-0.39, 0.29) is 0 Å². The molecule has 0 aliphatic carbocycles. The minimum atomic E-state index is 0.779. The number of aryl methyl sites for hydroxylation is 1. The Morgan fingerprint density at radius 1 is 1.39 bits per heavy atom. The van der Waals surface area contributed by atoms with Gasteiger partial charge in [-0.25, -0.2) is 0 Å². The number of nitrogens with zero attached hydrogens (tertiary/aromatic N) is 3. The van der Waals surface area contributed by atoms with Crippen molar-refractivity contribution >= 4 is 0 Å². The van der Waals surface area contributed by atoms with Crippen molar-refractivity contribution in [1.29, 1.82) is 0 Å². The number of hydrogen-bond donors (Lipinski definition) is 1. The normalized spacial score (nSPS) is 21.4. The predicted octanol–water partition coefficient (Wildman–Crippen LogP) is 1.69. The number of piperidine rings is 1. The molecule has 1 aliphatic rings. The molecule has 1 aromatic rings. The fourth-order valence-electron chi connectivity index (χ4n) is 2.72. The van der Waals surface area contributed by atoms with Gasteiger partial charge in [0.25, 0.3) is 0 Å². The van der Waals surface area contributed by atoms with Gasteiger partial charge in [0.2, 0.25) is 0 Å². The molecular formula is C14H26N4. The first-order valence-electron chi connectivity index (χ1n) is 7.07. The molecule has 0 aromatic carbocycles. The summed E-state index contributed by atoms with van der Waals surface area (Å²) >= 11 is 0. The maximum absolute atomic E-state index is 4.27. The second kappa shape index (κ2) is 6.34. The number of nitrogens with one attached hydrogen (secondary N) is 1. The van der Waals surface area contributed by atoms with E-state index in [2.05, 4.69) is 29.3 Å². The molecule has 0 saturated carbocycles. The summed E-state index contributed by atoms with van der Waals surface area (Å²) in [4.78, 5) is 2.51. The SMILES string of the molecule is Cc1c(CNCCC2CCCCN2C)cnn1C. The highest BCUT2D eigenvalue weighted by molar-refractivity contribution is 5.15. The van der Waals surface area contributed by atoms with Crippen LogP contribution in [0.15, 0.2) is 6.20 Å². The van der Waals surface area contributed by atoms with Crippen LogP contribution in [0.1, 0.15) is 36.9 Å². The molecule has 1 atom stereocenters. The van der Waals surface area contributed by atoms with Crippen LogP contribution in [0.3, 0.4) is 0 Å². The Balaban J connectivity index is 1.68. The minimum Gasteiger partial charge on any atom is -0.312 e. The molecule has 0 radical (unpaired) electrons. The van der Waals surface area contributed by atoms with Crippen molar-refractivity contribution in [3.05, 3.63) is 17.5 Å². The Hall–Kier alpha value is -0.870. The highest BCUT2D eigenvalue weighted by atomic mass is 15.3. The lowest BCUT2D eigenvalue weighted by atomic mass is 10.0. The molecule has 102 valence electrons. The molecule has 18 heavy (non-hydrogen) atoms. The molecule has 2 rings (SSSR count). The van der Waals surface area contributed by atoms with E-state index >= 15 is 0 Å². The number of rotatable bonds is 5. The Labute approximate surface area is 110 Å². The summed E-state index contributed by atoms with van der Waals surface area (Å²) in [7, 11) is 4.25. The molecule has 1 aliphatic heterocycles. The van der Waals surface area contributed by atoms with E-state index in [1.165, 1.54) is 43.5 Å². The lowest BCUT2D eigenvalue weighted by molar-refractivity contribution is 0.175. The van der Waals surface area contributed by atoms with Gasteiger partial charge in [-0.2, -0.15) is 5.10 Å². The van der Waals surface area contributed by atoms with Crippen molar-refractivity contribution in [3.63, 3.8) is 0 Å². The average Bonchev–Trinajstić information content (AvgIpc) is 2.68. The summed E-state index contributed by atoms with van der Waals surface area (Å²) in [5, 5.41) is 7.81. The zero-order valence-corrected chi connectivity index (χ0v) is 11.9. The molecule has 0 bridgehead atoms. The van der Waals surface area contributed by atoms with Crippen molar-refractivity contribution in [2.75, 3.05) is 20.1 Å². The molecule has 0 spiro atoms. The molecule has 1 aromatic heterocycles. The van der Waals surface area contributed by atoms with Crippen molar-refractivity contribution in [2.45, 2.75) is 45.2 Å². The average molecular weight is 250 g/mol. The first-order valence-corrected chi connectivity index (χ1v) is 7.07. The van der Waals surface area contributed by atoms with E-state index in [1.807, 2.05) is 17.9 Å². The monoisotopic (exact) mass is 250 g/mol. The standard InChI is InChI=1S/C14H26N4/c1-12-13(11-16-18(12)3)10-15-8-7-14-6-4-5-9-17(14)2/h11,14-15H,4-10H2,1-3H3. The molecule has 1 N–H and O–H groups in total. The van der Waals surface area contributed by atoms with Gasteiger partial charge < -0.3 is 10.2 Å². The number of aromatic nitrogens is 2. The van der Waals surface area contributed by atoms with Crippen molar-refractivity contribution in [3.8, 4) is 0 Å². The summed E-state index contributed by atoms with van der Waals surface area (Å²) in [6, 6.07) is 0.779. The second-order valence-electron chi connectivity index (χ2n) is 5.47. The Morgan fingerprint density at radius 2 is 2.22 bits per heavy atom. The van der Waals surface area contributed by atoms with Crippen LogP contribution in [-0.4, -0.2) is 40.9 Å². The van der Waals surface area contributed by atoms with Crippen LogP contribution in [0.2, 0.25) is 0 Å². The molecular weight excluding hydrogens is 224 g/mol. The topological polar surface area (TPSA) is 33.1 Å². The molecule has 2 heterocycles. The Kier molecular flexibility index (Phi) is 4.78. The van der Waals surface area contributed by atoms with Crippen LogP contribution in [0.25, 0.3) is 0 Å². The maximum Gasteiger partial charge on any atom is 0.0537 e. The van der Waals surface area contributed by atoms with E-state index in [4.69, 9.17) is 0 Å². The highest BCUT2D eigenvalue weighted by Gasteiger charge is 2.17. The molecule has 1 saturated heterocycles. The summed E-state index contributed by atoms with van der Waals surface area (Å²) in [5.74, 6) is 0. The lowest BCUT2D eigenvalue weighted by Gasteiger charge is -2.32. The van der Waals surface area contributed by atoms with Crippen LogP contribution in [0.5, 0.6) is 0 Å². The third-order valence-corrected chi connectivity index (χ3v) is 4.23. The zero-order valence-electron chi connectivity index (χ0n) is 11.9. The first kappa shape index (κ1) is 13.6. The Bertz CT molecular complexity index is 372. The summed E-state index contributed by atoms with van der Waals surface area (Å²) < 4.78 is 1.94. The van der Waals surface area contributed by atoms with Gasteiger partial charge in [-0.1, -0.05) is 6.42 Å². The van der Waals surface area contributed by atoms with Crippen molar-refractivity contribution < 1.29 is 0 Å². The van der Waals surface area contributed by atoms with E-state index in [0.717, 1.165) is 19.1 Å². The summed E-state index contributed by atoms with van der Waals surface area (Å²) in [6.07, 6.45) is 7.36. The zero-order chi connectivity index (χ0) is 13.0. The largest absolute Gasteiger partial charge is 0.312 e. The molecule has 1 fully saturated rings. The van der Waals surface area contributed by atoms with Gasteiger partial charge in [-0.15, -0.1) is 0 Å². The molecule has 1 unspecified atom stereocenters. The van der Waals surface area contributed by atoms with Crippen molar-refractivity contribution in [2.24, 2.45) is 7.05 Å². The first-order chi connectivity index (χ1) is 8.68. The molecule has 4 nitrogen and oxygen atoms in total. The van der Waals surface area contributed by atoms with Crippen LogP contribution < -0.4 is 5.32 Å². The maximum atomic E-state index is 4.27. The predicted molar refractivity (Wildman–Crippen MR) is 74.5 cm³/mol. The fraction of sp³-hybridized carbons (Fsp3) is 0.786. The fourth-order valence-corrected chi connectivity index (χ4v) is 2.72. The van der Waals surface area contributed by atoms with E-state index in [0.29, 0.717) is 0 Å². The van der Waals surface area contributed by atoms with Crippen LogP contribution >= 0.6 is 0 Å². The highest BCUT2D eigenvalue weighted by Crippen LogP contribution is 2.17. The number of likely N-dealkylation sites (tertiary alicyclic amines) is 1. The van der Waals surface area contributed by atoms with Gasteiger partial charge in [0.1, 0.15) is 0 Å². The second-order valence-corrected chi connectivity index (χ2v) is 5.47. The van der Waals surface area contributed by atoms with Crippen LogP contribution in [0.4, 0.5) is 0 Å². The lowest BCUT2D eigenvalue weighted by Crippen LogP contribution is -2.38. The summed E-state index contributed by atoms with van der Waals surface area (Å²) in [6.45, 7) is 5.44. The summed E-state index contributed by atoms with van der Waals surface area (Å²) in [5.41, 5.74) is 2.58. The quantitative estimate of drug-likeness (QED) is 0.807. The van der Waals surface area contributed by atoms with Gasteiger partial charge in [0, 0.05) is 30.9 Å². The Morgan fingerprint density at radius 3 is 2.89 bits per heavy atom. The van der Waals surface area contributed by atoms with Crippen LogP contribution in [-0.2, 0) is 13.6 Å². The smallest absolute Gasteiger partial charge is 0.0537 e. The van der Waals surface area contributed by atoms with Gasteiger partial charge >= 0.3 is 0 Å². The van der Waals surface area contributed by atoms with Gasteiger partial charge in [-0.05, 0) is 46.3 Å². The minimum absolute atomic E-state index is 0.779.